The number of rotatable bonds is 6. The molecule has 24 heavy (non-hydrogen) atoms. The zero-order valence-electron chi connectivity index (χ0n) is 13.3. The Bertz CT molecular complexity index is 672. The molecule has 2 heterocycles. The molecule has 1 saturated heterocycles. The minimum atomic E-state index is -0.0451. The molecule has 0 radical (unpaired) electrons. The zero-order valence-corrected chi connectivity index (χ0v) is 14.8. The van der Waals surface area contributed by atoms with E-state index in [0.29, 0.717) is 24.8 Å². The van der Waals surface area contributed by atoms with Gasteiger partial charge in [-0.25, -0.2) is 0 Å². The van der Waals surface area contributed by atoms with Gasteiger partial charge in [-0.3, -0.25) is 4.79 Å². The van der Waals surface area contributed by atoms with Gasteiger partial charge in [-0.15, -0.1) is 11.3 Å². The Kier molecular flexibility index (Phi) is 5.96. The van der Waals surface area contributed by atoms with E-state index < -0.39 is 0 Å². The van der Waals surface area contributed by atoms with E-state index >= 15 is 0 Å². The van der Waals surface area contributed by atoms with Crippen LogP contribution in [0, 0.1) is 0 Å². The molecule has 0 aliphatic carbocycles. The number of benzene rings is 1. The van der Waals surface area contributed by atoms with Crippen molar-refractivity contribution in [2.24, 2.45) is 0 Å². The molecular formula is C17H20ClN3O2S. The summed E-state index contributed by atoms with van der Waals surface area (Å²) in [5, 5.41) is 8.76. The summed E-state index contributed by atoms with van der Waals surface area (Å²) in [6.07, 6.45) is 0. The highest BCUT2D eigenvalue weighted by Crippen LogP contribution is 2.29. The van der Waals surface area contributed by atoms with Crippen molar-refractivity contribution in [2.45, 2.75) is 6.54 Å². The highest BCUT2D eigenvalue weighted by atomic mass is 35.5. The monoisotopic (exact) mass is 365 g/mol. The van der Waals surface area contributed by atoms with Crippen molar-refractivity contribution in [3.05, 3.63) is 45.6 Å². The number of hydrogen-bond donors (Lipinski definition) is 2. The first-order valence-electron chi connectivity index (χ1n) is 7.87. The molecule has 1 aromatic heterocycles. The molecule has 2 aromatic rings. The van der Waals surface area contributed by atoms with Crippen LogP contribution in [0.15, 0.2) is 35.7 Å². The van der Waals surface area contributed by atoms with Gasteiger partial charge in [-0.2, -0.15) is 0 Å². The zero-order chi connectivity index (χ0) is 16.8. The number of morpholine rings is 1. The van der Waals surface area contributed by atoms with Crippen molar-refractivity contribution in [3.8, 4) is 0 Å². The molecule has 0 unspecified atom stereocenters. The Morgan fingerprint density at radius 1 is 1.29 bits per heavy atom. The van der Waals surface area contributed by atoms with Crippen molar-refractivity contribution in [3.63, 3.8) is 0 Å². The molecule has 3 rings (SSSR count). The van der Waals surface area contributed by atoms with Crippen LogP contribution < -0.4 is 15.5 Å². The number of nitrogens with zero attached hydrogens (tertiary/aromatic N) is 1. The quantitative estimate of drug-likeness (QED) is 0.826. The van der Waals surface area contributed by atoms with Crippen molar-refractivity contribution in [1.82, 2.24) is 5.32 Å². The number of hydrogen-bond acceptors (Lipinski definition) is 5. The number of ether oxygens (including phenoxy) is 1. The lowest BCUT2D eigenvalue weighted by Crippen LogP contribution is -2.37. The predicted octanol–water partition coefficient (Wildman–Crippen LogP) is 2.97. The highest BCUT2D eigenvalue weighted by molar-refractivity contribution is 7.09. The molecule has 1 aromatic carbocycles. The van der Waals surface area contributed by atoms with Gasteiger partial charge in [0.15, 0.2) is 0 Å². The van der Waals surface area contributed by atoms with Gasteiger partial charge in [0.25, 0.3) is 0 Å². The molecule has 7 heteroatoms. The number of halogens is 1. The largest absolute Gasteiger partial charge is 0.378 e. The standard InChI is InChI=1S/C17H20ClN3O2S/c18-13-3-4-16(21-5-7-23-8-6-21)15(10-13)19-12-17(22)20-11-14-2-1-9-24-14/h1-4,9-10,19H,5-8,11-12H2,(H,20,22). The number of carbonyl (C=O) groups is 1. The fourth-order valence-corrected chi connectivity index (χ4v) is 3.38. The average Bonchev–Trinajstić information content (AvgIpc) is 3.12. The summed E-state index contributed by atoms with van der Waals surface area (Å²) in [6.45, 7) is 3.86. The maximum atomic E-state index is 12.0. The summed E-state index contributed by atoms with van der Waals surface area (Å²) in [4.78, 5) is 15.4. The van der Waals surface area contributed by atoms with Gasteiger partial charge in [-0.05, 0) is 29.6 Å². The van der Waals surface area contributed by atoms with Crippen LogP contribution in [0.3, 0.4) is 0 Å². The fourth-order valence-electron chi connectivity index (χ4n) is 2.57. The summed E-state index contributed by atoms with van der Waals surface area (Å²) < 4.78 is 5.40. The molecule has 1 aliphatic heterocycles. The molecule has 0 atom stereocenters. The van der Waals surface area contributed by atoms with E-state index in [1.165, 1.54) is 0 Å². The summed E-state index contributed by atoms with van der Waals surface area (Å²) in [5.74, 6) is -0.0451. The second-order valence-corrected chi connectivity index (χ2v) is 6.94. The van der Waals surface area contributed by atoms with Crippen molar-refractivity contribution < 1.29 is 9.53 Å². The first-order chi connectivity index (χ1) is 11.7. The van der Waals surface area contributed by atoms with Crippen LogP contribution in [0.2, 0.25) is 5.02 Å². The molecule has 0 bridgehead atoms. The van der Waals surface area contributed by atoms with Gasteiger partial charge in [0, 0.05) is 23.0 Å². The van der Waals surface area contributed by atoms with Crippen LogP contribution >= 0.6 is 22.9 Å². The Hall–Kier alpha value is -1.76. The third kappa shape index (κ3) is 4.63. The number of amides is 1. The lowest BCUT2D eigenvalue weighted by Gasteiger charge is -2.30. The topological polar surface area (TPSA) is 53.6 Å². The molecule has 1 amide bonds. The molecule has 1 aliphatic rings. The van der Waals surface area contributed by atoms with Gasteiger partial charge >= 0.3 is 0 Å². The second-order valence-electron chi connectivity index (χ2n) is 5.47. The normalized spacial score (nSPS) is 14.5. The van der Waals surface area contributed by atoms with Crippen molar-refractivity contribution in [1.29, 1.82) is 0 Å². The molecule has 1 fully saturated rings. The van der Waals surface area contributed by atoms with Crippen LogP contribution in [-0.2, 0) is 16.1 Å². The first-order valence-corrected chi connectivity index (χ1v) is 9.13. The third-order valence-electron chi connectivity index (χ3n) is 3.79. The van der Waals surface area contributed by atoms with Crippen molar-refractivity contribution in [2.75, 3.05) is 43.1 Å². The van der Waals surface area contributed by atoms with Crippen LogP contribution in [0.25, 0.3) is 0 Å². The van der Waals surface area contributed by atoms with Crippen LogP contribution in [0.5, 0.6) is 0 Å². The van der Waals surface area contributed by atoms with E-state index in [0.717, 1.165) is 29.3 Å². The Morgan fingerprint density at radius 2 is 2.12 bits per heavy atom. The van der Waals surface area contributed by atoms with Crippen LogP contribution in [0.4, 0.5) is 11.4 Å². The maximum Gasteiger partial charge on any atom is 0.239 e. The molecule has 5 nitrogen and oxygen atoms in total. The van der Waals surface area contributed by atoms with Gasteiger partial charge in [-0.1, -0.05) is 17.7 Å². The van der Waals surface area contributed by atoms with Gasteiger partial charge in [0.1, 0.15) is 0 Å². The molecule has 128 valence electrons. The Morgan fingerprint density at radius 3 is 2.88 bits per heavy atom. The minimum absolute atomic E-state index is 0.0451. The molecule has 0 spiro atoms. The lowest BCUT2D eigenvalue weighted by molar-refractivity contribution is -0.119. The maximum absolute atomic E-state index is 12.0. The summed E-state index contributed by atoms with van der Waals surface area (Å²) in [7, 11) is 0. The van der Waals surface area contributed by atoms with Gasteiger partial charge in [0.2, 0.25) is 5.91 Å². The van der Waals surface area contributed by atoms with E-state index in [2.05, 4.69) is 15.5 Å². The van der Waals surface area contributed by atoms with Crippen LogP contribution in [0.1, 0.15) is 4.88 Å². The molecule has 0 saturated carbocycles. The van der Waals surface area contributed by atoms with Crippen molar-refractivity contribution >= 4 is 40.2 Å². The third-order valence-corrected chi connectivity index (χ3v) is 4.90. The van der Waals surface area contributed by atoms with Gasteiger partial charge < -0.3 is 20.3 Å². The molecule has 2 N–H and O–H groups in total. The van der Waals surface area contributed by atoms with E-state index in [9.17, 15) is 4.79 Å². The average molecular weight is 366 g/mol. The SMILES string of the molecule is O=C(CNc1cc(Cl)ccc1N1CCOCC1)NCc1cccs1. The number of anilines is 2. The molecular weight excluding hydrogens is 346 g/mol. The summed E-state index contributed by atoms with van der Waals surface area (Å²) in [6, 6.07) is 9.70. The lowest BCUT2D eigenvalue weighted by atomic mass is 10.2. The highest BCUT2D eigenvalue weighted by Gasteiger charge is 2.15. The first kappa shape index (κ1) is 17.1. The smallest absolute Gasteiger partial charge is 0.239 e. The van der Waals surface area contributed by atoms with E-state index in [1.807, 2.05) is 35.7 Å². The minimum Gasteiger partial charge on any atom is -0.378 e. The van der Waals surface area contributed by atoms with E-state index in [4.69, 9.17) is 16.3 Å². The number of carbonyl (C=O) groups excluding carboxylic acids is 1. The van der Waals surface area contributed by atoms with Gasteiger partial charge in [0.05, 0.1) is 37.7 Å². The predicted molar refractivity (Wildman–Crippen MR) is 99.1 cm³/mol. The summed E-state index contributed by atoms with van der Waals surface area (Å²) >= 11 is 7.75. The Balaban J connectivity index is 1.59. The van der Waals surface area contributed by atoms with Crippen LogP contribution in [-0.4, -0.2) is 38.8 Å². The Labute approximate surface area is 150 Å². The number of thiophene rings is 1. The fraction of sp³-hybridized carbons (Fsp3) is 0.353. The number of nitrogens with one attached hydrogen (secondary N) is 2. The van der Waals surface area contributed by atoms with E-state index in [-0.39, 0.29) is 12.5 Å². The van der Waals surface area contributed by atoms with E-state index in [1.54, 1.807) is 11.3 Å². The second kappa shape index (κ2) is 8.37. The summed E-state index contributed by atoms with van der Waals surface area (Å²) in [5.41, 5.74) is 1.92.